The molecule has 2 heterocycles. The normalized spacial score (nSPS) is 17.8. The summed E-state index contributed by atoms with van der Waals surface area (Å²) in [4.78, 5) is 13.0. The Morgan fingerprint density at radius 1 is 1.22 bits per heavy atom. The van der Waals surface area contributed by atoms with Gasteiger partial charge in [0.25, 0.3) is 5.91 Å². The third kappa shape index (κ3) is 3.43. The standard InChI is InChI=1S/C22H23NO4/c1-14(18-9-6-12-26-18)23-22(24)21-20(15-7-4-3-5-8-15)17-11-10-16(25-2)13-19(17)27-21/h3-5,7-8,10-11,13-14,18H,6,9,12H2,1-2H3,(H,23,24)/t14-,18-/m1/s1. The second-order valence-electron chi connectivity index (χ2n) is 6.85. The van der Waals surface area contributed by atoms with Crippen LogP contribution in [0.4, 0.5) is 0 Å². The van der Waals surface area contributed by atoms with Gasteiger partial charge < -0.3 is 19.2 Å². The lowest BCUT2D eigenvalue weighted by Crippen LogP contribution is -2.40. The molecule has 0 unspecified atom stereocenters. The van der Waals surface area contributed by atoms with Gasteiger partial charge in [0.05, 0.1) is 19.3 Å². The van der Waals surface area contributed by atoms with Crippen molar-refractivity contribution in [1.82, 2.24) is 5.32 Å². The Bertz CT molecular complexity index is 942. The molecule has 1 N–H and O–H groups in total. The number of hydrogen-bond acceptors (Lipinski definition) is 4. The summed E-state index contributed by atoms with van der Waals surface area (Å²) in [6.07, 6.45) is 2.05. The van der Waals surface area contributed by atoms with Crippen molar-refractivity contribution in [3.8, 4) is 16.9 Å². The van der Waals surface area contributed by atoms with E-state index in [0.717, 1.165) is 36.0 Å². The van der Waals surface area contributed by atoms with Gasteiger partial charge in [0, 0.05) is 23.6 Å². The summed E-state index contributed by atoms with van der Waals surface area (Å²) in [6.45, 7) is 2.73. The SMILES string of the molecule is COc1ccc2c(-c3ccccc3)c(C(=O)N[C@H](C)[C@H]3CCCO3)oc2c1. The molecule has 1 saturated heterocycles. The molecule has 5 heteroatoms. The number of carbonyl (C=O) groups is 1. The maximum atomic E-state index is 13.0. The zero-order chi connectivity index (χ0) is 18.8. The number of ether oxygens (including phenoxy) is 2. The summed E-state index contributed by atoms with van der Waals surface area (Å²) < 4.78 is 17.0. The van der Waals surface area contributed by atoms with E-state index in [-0.39, 0.29) is 18.1 Å². The first-order valence-corrected chi connectivity index (χ1v) is 9.26. The molecule has 1 aliphatic rings. The van der Waals surface area contributed by atoms with Gasteiger partial charge in [-0.15, -0.1) is 0 Å². The van der Waals surface area contributed by atoms with Crippen molar-refractivity contribution in [2.24, 2.45) is 0 Å². The molecule has 0 spiro atoms. The highest BCUT2D eigenvalue weighted by Gasteiger charge is 2.27. The molecule has 1 amide bonds. The number of hydrogen-bond donors (Lipinski definition) is 1. The maximum absolute atomic E-state index is 13.0. The van der Waals surface area contributed by atoms with Crippen LogP contribution in [0.15, 0.2) is 52.9 Å². The number of benzene rings is 2. The summed E-state index contributed by atoms with van der Waals surface area (Å²) in [7, 11) is 1.61. The van der Waals surface area contributed by atoms with Gasteiger partial charge in [-0.3, -0.25) is 4.79 Å². The molecular formula is C22H23NO4. The van der Waals surface area contributed by atoms with Crippen LogP contribution >= 0.6 is 0 Å². The first-order chi connectivity index (χ1) is 13.2. The molecule has 0 aliphatic carbocycles. The minimum Gasteiger partial charge on any atom is -0.497 e. The van der Waals surface area contributed by atoms with E-state index in [0.29, 0.717) is 17.1 Å². The van der Waals surface area contributed by atoms with E-state index in [9.17, 15) is 4.79 Å². The smallest absolute Gasteiger partial charge is 0.287 e. The van der Waals surface area contributed by atoms with Crippen LogP contribution in [0.25, 0.3) is 22.1 Å². The van der Waals surface area contributed by atoms with Crippen molar-refractivity contribution in [2.75, 3.05) is 13.7 Å². The van der Waals surface area contributed by atoms with E-state index in [2.05, 4.69) is 5.32 Å². The molecule has 140 valence electrons. The van der Waals surface area contributed by atoms with Crippen molar-refractivity contribution < 1.29 is 18.7 Å². The molecule has 1 fully saturated rings. The highest BCUT2D eigenvalue weighted by molar-refractivity contribution is 6.08. The average molecular weight is 365 g/mol. The topological polar surface area (TPSA) is 60.7 Å². The Balaban J connectivity index is 1.75. The lowest BCUT2D eigenvalue weighted by molar-refractivity contribution is 0.0698. The molecule has 0 radical (unpaired) electrons. The van der Waals surface area contributed by atoms with Crippen LogP contribution in [-0.2, 0) is 4.74 Å². The van der Waals surface area contributed by atoms with Crippen molar-refractivity contribution in [3.63, 3.8) is 0 Å². The summed E-state index contributed by atoms with van der Waals surface area (Å²) >= 11 is 0. The first kappa shape index (κ1) is 17.6. The van der Waals surface area contributed by atoms with Crippen LogP contribution in [0.2, 0.25) is 0 Å². The fourth-order valence-electron chi connectivity index (χ4n) is 3.62. The largest absolute Gasteiger partial charge is 0.497 e. The van der Waals surface area contributed by atoms with E-state index in [4.69, 9.17) is 13.9 Å². The summed E-state index contributed by atoms with van der Waals surface area (Å²) in [5.41, 5.74) is 2.37. The molecule has 0 saturated carbocycles. The first-order valence-electron chi connectivity index (χ1n) is 9.26. The van der Waals surface area contributed by atoms with Crippen LogP contribution in [-0.4, -0.2) is 31.8 Å². The van der Waals surface area contributed by atoms with E-state index < -0.39 is 0 Å². The number of rotatable bonds is 5. The van der Waals surface area contributed by atoms with Gasteiger partial charge in [0.2, 0.25) is 5.76 Å². The van der Waals surface area contributed by atoms with Crippen molar-refractivity contribution in [2.45, 2.75) is 31.9 Å². The van der Waals surface area contributed by atoms with Gasteiger partial charge in [0.1, 0.15) is 11.3 Å². The van der Waals surface area contributed by atoms with Gasteiger partial charge in [-0.2, -0.15) is 0 Å². The van der Waals surface area contributed by atoms with E-state index >= 15 is 0 Å². The van der Waals surface area contributed by atoms with Crippen molar-refractivity contribution >= 4 is 16.9 Å². The Labute approximate surface area is 158 Å². The van der Waals surface area contributed by atoms with E-state index in [1.165, 1.54) is 0 Å². The molecule has 1 aromatic heterocycles. The van der Waals surface area contributed by atoms with E-state index in [1.54, 1.807) is 7.11 Å². The lowest BCUT2D eigenvalue weighted by Gasteiger charge is -2.19. The Morgan fingerprint density at radius 2 is 2.04 bits per heavy atom. The lowest BCUT2D eigenvalue weighted by atomic mass is 10.0. The van der Waals surface area contributed by atoms with Crippen LogP contribution in [0.5, 0.6) is 5.75 Å². The molecule has 3 aromatic rings. The number of carbonyl (C=O) groups excluding carboxylic acids is 1. The molecule has 0 bridgehead atoms. The van der Waals surface area contributed by atoms with Crippen LogP contribution in [0.1, 0.15) is 30.3 Å². The minimum absolute atomic E-state index is 0.0543. The molecule has 2 atom stereocenters. The number of methoxy groups -OCH3 is 1. The van der Waals surface area contributed by atoms with Gasteiger partial charge >= 0.3 is 0 Å². The Morgan fingerprint density at radius 3 is 2.74 bits per heavy atom. The molecule has 27 heavy (non-hydrogen) atoms. The van der Waals surface area contributed by atoms with Crippen molar-refractivity contribution in [1.29, 1.82) is 0 Å². The van der Waals surface area contributed by atoms with Crippen molar-refractivity contribution in [3.05, 3.63) is 54.3 Å². The number of nitrogens with one attached hydrogen (secondary N) is 1. The summed E-state index contributed by atoms with van der Waals surface area (Å²) in [5, 5.41) is 3.93. The minimum atomic E-state index is -0.230. The molecule has 1 aliphatic heterocycles. The van der Waals surface area contributed by atoms with Crippen LogP contribution < -0.4 is 10.1 Å². The monoisotopic (exact) mass is 365 g/mol. The average Bonchev–Trinajstić information content (AvgIpc) is 3.36. The fourth-order valence-corrected chi connectivity index (χ4v) is 3.62. The zero-order valence-corrected chi connectivity index (χ0v) is 15.5. The van der Waals surface area contributed by atoms with Gasteiger partial charge in [-0.25, -0.2) is 0 Å². The number of fused-ring (bicyclic) bond motifs is 1. The number of amides is 1. The Hall–Kier alpha value is -2.79. The predicted octanol–water partition coefficient (Wildman–Crippen LogP) is 4.41. The van der Waals surface area contributed by atoms with Gasteiger partial charge in [-0.1, -0.05) is 30.3 Å². The second kappa shape index (κ2) is 7.45. The maximum Gasteiger partial charge on any atom is 0.287 e. The van der Waals surface area contributed by atoms with Crippen LogP contribution in [0, 0.1) is 0 Å². The highest BCUT2D eigenvalue weighted by atomic mass is 16.5. The molecule has 5 nitrogen and oxygen atoms in total. The Kier molecular flexibility index (Phi) is 4.86. The molecular weight excluding hydrogens is 342 g/mol. The van der Waals surface area contributed by atoms with E-state index in [1.807, 2.05) is 55.5 Å². The van der Waals surface area contributed by atoms with Gasteiger partial charge in [-0.05, 0) is 37.5 Å². The molecule has 4 rings (SSSR count). The van der Waals surface area contributed by atoms with Gasteiger partial charge in [0.15, 0.2) is 0 Å². The van der Waals surface area contributed by atoms with Crippen LogP contribution in [0.3, 0.4) is 0 Å². The summed E-state index contributed by atoms with van der Waals surface area (Å²) in [6, 6.07) is 15.4. The fraction of sp³-hybridized carbons (Fsp3) is 0.318. The predicted molar refractivity (Wildman–Crippen MR) is 104 cm³/mol. The summed E-state index contributed by atoms with van der Waals surface area (Å²) in [5.74, 6) is 0.775. The second-order valence-corrected chi connectivity index (χ2v) is 6.85. The zero-order valence-electron chi connectivity index (χ0n) is 15.5. The third-order valence-corrected chi connectivity index (χ3v) is 5.05. The quantitative estimate of drug-likeness (QED) is 0.728. The third-order valence-electron chi connectivity index (χ3n) is 5.05. The molecule has 2 aromatic carbocycles. The highest BCUT2D eigenvalue weighted by Crippen LogP contribution is 2.36. The number of furan rings is 1.